The molecule has 2 heterocycles. The number of nitrogens with two attached hydrogens (primary N) is 1. The molecule has 0 saturated heterocycles. The van der Waals surface area contributed by atoms with Crippen LogP contribution in [0.1, 0.15) is 12.0 Å². The molecule has 1 aliphatic heterocycles. The van der Waals surface area contributed by atoms with E-state index in [1.807, 2.05) is 35.0 Å². The zero-order valence-corrected chi connectivity index (χ0v) is 10.3. The van der Waals surface area contributed by atoms with E-state index in [1.54, 1.807) is 0 Å². The molecule has 18 heavy (non-hydrogen) atoms. The number of rotatable bonds is 1. The first-order valence-electron chi connectivity index (χ1n) is 5.52. The summed E-state index contributed by atoms with van der Waals surface area (Å²) in [5, 5.41) is 6.67. The highest BCUT2D eigenvalue weighted by Gasteiger charge is 2.17. The molecule has 5 heteroatoms. The molecule has 0 radical (unpaired) electrons. The van der Waals surface area contributed by atoms with Gasteiger partial charge < -0.3 is 11.1 Å². The highest BCUT2D eigenvalue weighted by Crippen LogP contribution is 2.32. The van der Waals surface area contributed by atoms with Gasteiger partial charge in [0.05, 0.1) is 23.5 Å². The molecule has 0 spiro atoms. The first kappa shape index (κ1) is 11.0. The van der Waals surface area contributed by atoms with E-state index in [2.05, 4.69) is 10.3 Å². The number of nitrogens with zero attached hydrogens (tertiary/aromatic N) is 1. The first-order chi connectivity index (χ1) is 8.72. The summed E-state index contributed by atoms with van der Waals surface area (Å²) in [5.41, 5.74) is 9.66. The molecule has 1 aromatic carbocycles. The second kappa shape index (κ2) is 4.27. The molecule has 0 fully saturated rings. The van der Waals surface area contributed by atoms with Crippen molar-refractivity contribution in [3.63, 3.8) is 0 Å². The van der Waals surface area contributed by atoms with Crippen LogP contribution in [0.4, 0.5) is 17.1 Å². The topological polar surface area (TPSA) is 67.5 Å². The first-order valence-corrected chi connectivity index (χ1v) is 6.46. The molecule has 0 saturated carbocycles. The molecule has 0 bridgehead atoms. The number of hydrogen-bond donors (Lipinski definition) is 2. The van der Waals surface area contributed by atoms with Crippen LogP contribution in [-0.2, 0) is 4.79 Å². The largest absolute Gasteiger partial charge is 0.399 e. The maximum Gasteiger partial charge on any atom is 0.230 e. The smallest absolute Gasteiger partial charge is 0.230 e. The number of carbonyl (C=O) groups is 1. The number of thiophene rings is 1. The maximum absolute atomic E-state index is 11.8. The van der Waals surface area contributed by atoms with Gasteiger partial charge in [-0.1, -0.05) is 12.1 Å². The summed E-state index contributed by atoms with van der Waals surface area (Å²) < 4.78 is 0. The number of nitrogens with one attached hydrogen (secondary N) is 1. The Morgan fingerprint density at radius 3 is 2.78 bits per heavy atom. The average molecular weight is 257 g/mol. The third-order valence-corrected chi connectivity index (χ3v) is 3.47. The van der Waals surface area contributed by atoms with Crippen molar-refractivity contribution in [2.45, 2.75) is 6.42 Å². The van der Waals surface area contributed by atoms with Crippen LogP contribution in [0.3, 0.4) is 0 Å². The number of nitrogen functional groups attached to an aromatic ring is 1. The molecular weight excluding hydrogens is 246 g/mol. The number of anilines is 2. The summed E-state index contributed by atoms with van der Waals surface area (Å²) >= 11 is 1.52. The molecule has 4 nitrogen and oxygen atoms in total. The predicted octanol–water partition coefficient (Wildman–Crippen LogP) is 2.79. The van der Waals surface area contributed by atoms with Gasteiger partial charge in [-0.05, 0) is 17.7 Å². The standard InChI is InChI=1S/C13H11N3OS/c14-9-3-1-8(2-4-9)10-5-13(17)16-12-7-18-6-11(12)15-10/h1-4,6-7H,5,14H2,(H,16,17). The Kier molecular flexibility index (Phi) is 2.60. The molecule has 90 valence electrons. The summed E-state index contributed by atoms with van der Waals surface area (Å²) in [6.45, 7) is 0. The summed E-state index contributed by atoms with van der Waals surface area (Å²) in [6.07, 6.45) is 0.281. The molecule has 3 N–H and O–H groups in total. The van der Waals surface area contributed by atoms with Gasteiger partial charge in [0.25, 0.3) is 0 Å². The van der Waals surface area contributed by atoms with E-state index in [4.69, 9.17) is 5.73 Å². The zero-order valence-electron chi connectivity index (χ0n) is 9.51. The predicted molar refractivity (Wildman–Crippen MR) is 74.6 cm³/mol. The zero-order chi connectivity index (χ0) is 12.5. The van der Waals surface area contributed by atoms with Crippen LogP contribution < -0.4 is 11.1 Å². The van der Waals surface area contributed by atoms with Crippen LogP contribution in [0.2, 0.25) is 0 Å². The Hall–Kier alpha value is -2.14. The maximum atomic E-state index is 11.8. The summed E-state index contributed by atoms with van der Waals surface area (Å²) in [4.78, 5) is 16.3. The minimum absolute atomic E-state index is 0.0391. The fourth-order valence-electron chi connectivity index (χ4n) is 1.84. The number of amides is 1. The number of benzene rings is 1. The molecule has 1 aromatic heterocycles. The number of carbonyl (C=O) groups excluding carboxylic acids is 1. The lowest BCUT2D eigenvalue weighted by molar-refractivity contribution is -0.115. The van der Waals surface area contributed by atoms with Crippen LogP contribution in [0.5, 0.6) is 0 Å². The van der Waals surface area contributed by atoms with Crippen molar-refractivity contribution in [2.24, 2.45) is 4.99 Å². The highest BCUT2D eigenvalue weighted by atomic mass is 32.1. The molecule has 0 aliphatic carbocycles. The second-order valence-corrected chi connectivity index (χ2v) is 4.82. The Morgan fingerprint density at radius 1 is 1.22 bits per heavy atom. The van der Waals surface area contributed by atoms with Crippen molar-refractivity contribution in [2.75, 3.05) is 11.1 Å². The minimum atomic E-state index is -0.0391. The lowest BCUT2D eigenvalue weighted by Crippen LogP contribution is -2.14. The Labute approximate surface area is 108 Å². The van der Waals surface area contributed by atoms with Gasteiger partial charge in [-0.15, -0.1) is 11.3 Å². The van der Waals surface area contributed by atoms with Crippen LogP contribution in [0, 0.1) is 0 Å². The van der Waals surface area contributed by atoms with Gasteiger partial charge in [0.1, 0.15) is 0 Å². The molecule has 0 unspecified atom stereocenters. The minimum Gasteiger partial charge on any atom is -0.399 e. The van der Waals surface area contributed by atoms with E-state index in [9.17, 15) is 4.79 Å². The summed E-state index contributed by atoms with van der Waals surface area (Å²) in [5.74, 6) is -0.0391. The van der Waals surface area contributed by atoms with Crippen molar-refractivity contribution >= 4 is 40.0 Å². The number of fused-ring (bicyclic) bond motifs is 1. The van der Waals surface area contributed by atoms with Crippen LogP contribution in [0.25, 0.3) is 0 Å². The monoisotopic (exact) mass is 257 g/mol. The molecule has 0 atom stereocenters. The Morgan fingerprint density at radius 2 is 2.00 bits per heavy atom. The van der Waals surface area contributed by atoms with Gasteiger partial charge in [0.2, 0.25) is 5.91 Å². The molecular formula is C13H11N3OS. The Bertz CT molecular complexity index is 628. The van der Waals surface area contributed by atoms with Crippen LogP contribution in [-0.4, -0.2) is 11.6 Å². The van der Waals surface area contributed by atoms with Crippen molar-refractivity contribution in [1.82, 2.24) is 0 Å². The van der Waals surface area contributed by atoms with E-state index in [-0.39, 0.29) is 12.3 Å². The average Bonchev–Trinajstić information content (AvgIpc) is 2.70. The van der Waals surface area contributed by atoms with Crippen LogP contribution >= 0.6 is 11.3 Å². The fraction of sp³-hybridized carbons (Fsp3) is 0.0769. The number of aliphatic imine (C=N–C) groups is 1. The third-order valence-electron chi connectivity index (χ3n) is 2.74. The normalized spacial score (nSPS) is 14.4. The van der Waals surface area contributed by atoms with E-state index in [0.717, 1.165) is 22.6 Å². The fourth-order valence-corrected chi connectivity index (χ4v) is 2.54. The van der Waals surface area contributed by atoms with Crippen molar-refractivity contribution in [1.29, 1.82) is 0 Å². The van der Waals surface area contributed by atoms with Gasteiger partial charge in [-0.25, -0.2) is 4.99 Å². The SMILES string of the molecule is Nc1ccc(C2=Nc3cscc3NC(=O)C2)cc1. The number of hydrogen-bond acceptors (Lipinski definition) is 4. The van der Waals surface area contributed by atoms with Gasteiger partial charge >= 0.3 is 0 Å². The van der Waals surface area contributed by atoms with Crippen molar-refractivity contribution < 1.29 is 4.79 Å². The van der Waals surface area contributed by atoms with Gasteiger partial charge in [0.15, 0.2) is 0 Å². The van der Waals surface area contributed by atoms with Gasteiger partial charge in [-0.3, -0.25) is 4.79 Å². The second-order valence-electron chi connectivity index (χ2n) is 4.08. The summed E-state index contributed by atoms with van der Waals surface area (Å²) in [7, 11) is 0. The van der Waals surface area contributed by atoms with Gasteiger partial charge in [0, 0.05) is 16.4 Å². The lowest BCUT2D eigenvalue weighted by atomic mass is 10.1. The van der Waals surface area contributed by atoms with E-state index in [1.165, 1.54) is 11.3 Å². The van der Waals surface area contributed by atoms with Crippen molar-refractivity contribution in [3.05, 3.63) is 40.6 Å². The molecule has 3 rings (SSSR count). The highest BCUT2D eigenvalue weighted by molar-refractivity contribution is 7.09. The third kappa shape index (κ3) is 2.00. The van der Waals surface area contributed by atoms with E-state index >= 15 is 0 Å². The van der Waals surface area contributed by atoms with Gasteiger partial charge in [-0.2, -0.15) is 0 Å². The summed E-state index contributed by atoms with van der Waals surface area (Å²) in [6, 6.07) is 7.40. The quantitative estimate of drug-likeness (QED) is 0.771. The molecule has 1 amide bonds. The molecule has 1 aliphatic rings. The Balaban J connectivity index is 2.06. The van der Waals surface area contributed by atoms with E-state index < -0.39 is 0 Å². The van der Waals surface area contributed by atoms with Crippen molar-refractivity contribution in [3.8, 4) is 0 Å². The lowest BCUT2D eigenvalue weighted by Gasteiger charge is -2.03. The van der Waals surface area contributed by atoms with E-state index in [0.29, 0.717) is 5.69 Å². The molecule has 2 aromatic rings. The van der Waals surface area contributed by atoms with Crippen LogP contribution in [0.15, 0.2) is 40.0 Å².